The summed E-state index contributed by atoms with van der Waals surface area (Å²) in [5, 5.41) is 4.11. The van der Waals surface area contributed by atoms with E-state index in [1.807, 2.05) is 6.92 Å². The highest BCUT2D eigenvalue weighted by Gasteiger charge is 2.31. The second-order valence-electron chi connectivity index (χ2n) is 7.19. The van der Waals surface area contributed by atoms with Gasteiger partial charge in [0.1, 0.15) is 0 Å². The Labute approximate surface area is 176 Å². The Hall–Kier alpha value is -3.69. The minimum absolute atomic E-state index is 0.138. The van der Waals surface area contributed by atoms with Crippen LogP contribution in [0.3, 0.4) is 0 Å². The van der Waals surface area contributed by atoms with Crippen molar-refractivity contribution in [3.05, 3.63) is 76.7 Å². The molecule has 0 fully saturated rings. The predicted molar refractivity (Wildman–Crippen MR) is 107 cm³/mol. The molecular formula is C21H20F3N5O2. The number of hydrazine groups is 1. The van der Waals surface area contributed by atoms with Crippen LogP contribution in [0.1, 0.15) is 57.3 Å². The van der Waals surface area contributed by atoms with Gasteiger partial charge in [0.05, 0.1) is 23.0 Å². The summed E-state index contributed by atoms with van der Waals surface area (Å²) in [6, 6.07) is 8.89. The van der Waals surface area contributed by atoms with Gasteiger partial charge >= 0.3 is 6.18 Å². The van der Waals surface area contributed by atoms with Crippen molar-refractivity contribution in [3.8, 4) is 5.82 Å². The first-order chi connectivity index (χ1) is 14.6. The zero-order valence-corrected chi connectivity index (χ0v) is 17.0. The van der Waals surface area contributed by atoms with E-state index in [9.17, 15) is 22.8 Å². The number of hydrogen-bond acceptors (Lipinski definition) is 4. The number of hydrogen-bond donors (Lipinski definition) is 2. The van der Waals surface area contributed by atoms with Gasteiger partial charge in [-0.1, -0.05) is 31.5 Å². The van der Waals surface area contributed by atoms with E-state index in [0.29, 0.717) is 17.5 Å². The Morgan fingerprint density at radius 3 is 2.16 bits per heavy atom. The van der Waals surface area contributed by atoms with Crippen LogP contribution in [0.2, 0.25) is 0 Å². The molecule has 0 saturated heterocycles. The summed E-state index contributed by atoms with van der Waals surface area (Å²) in [4.78, 5) is 28.7. The maximum Gasteiger partial charge on any atom is 0.417 e. The summed E-state index contributed by atoms with van der Waals surface area (Å²) in [5.41, 5.74) is 5.77. The summed E-state index contributed by atoms with van der Waals surface area (Å²) in [7, 11) is 0. The largest absolute Gasteiger partial charge is 0.417 e. The molecule has 0 bridgehead atoms. The van der Waals surface area contributed by atoms with Gasteiger partial charge in [-0.05, 0) is 37.1 Å². The SMILES string of the molecule is Cc1ccc(C(=O)NNC(=O)c2cnn(-c3ccc(C(F)(F)F)cn3)c2C(C)C)cc1. The average molecular weight is 431 g/mol. The Kier molecular flexibility index (Phi) is 6.09. The first-order valence-electron chi connectivity index (χ1n) is 9.37. The summed E-state index contributed by atoms with van der Waals surface area (Å²) < 4.78 is 39.7. The fraction of sp³-hybridized carbons (Fsp3) is 0.238. The zero-order valence-electron chi connectivity index (χ0n) is 17.0. The highest BCUT2D eigenvalue weighted by atomic mass is 19.4. The third-order valence-corrected chi connectivity index (χ3v) is 4.49. The number of amides is 2. The minimum Gasteiger partial charge on any atom is -0.267 e. The lowest BCUT2D eigenvalue weighted by Crippen LogP contribution is -2.41. The molecule has 7 nitrogen and oxygen atoms in total. The number of carbonyl (C=O) groups is 2. The Morgan fingerprint density at radius 2 is 1.61 bits per heavy atom. The predicted octanol–water partition coefficient (Wildman–Crippen LogP) is 3.79. The van der Waals surface area contributed by atoms with Crippen LogP contribution >= 0.6 is 0 Å². The highest BCUT2D eigenvalue weighted by Crippen LogP contribution is 2.29. The van der Waals surface area contributed by atoms with Gasteiger partial charge in [0, 0.05) is 11.8 Å². The summed E-state index contributed by atoms with van der Waals surface area (Å²) in [6.07, 6.45) is -2.51. The fourth-order valence-electron chi connectivity index (χ4n) is 2.91. The van der Waals surface area contributed by atoms with E-state index in [-0.39, 0.29) is 17.3 Å². The smallest absolute Gasteiger partial charge is 0.267 e. The molecule has 2 aromatic heterocycles. The van der Waals surface area contributed by atoms with E-state index in [4.69, 9.17) is 0 Å². The van der Waals surface area contributed by atoms with Crippen LogP contribution in [0.4, 0.5) is 13.2 Å². The van der Waals surface area contributed by atoms with Gasteiger partial charge in [-0.2, -0.15) is 18.3 Å². The van der Waals surface area contributed by atoms with Gasteiger partial charge in [-0.15, -0.1) is 0 Å². The lowest BCUT2D eigenvalue weighted by molar-refractivity contribution is -0.137. The Bertz CT molecular complexity index is 1090. The molecule has 3 rings (SSSR count). The van der Waals surface area contributed by atoms with Crippen LogP contribution in [0.25, 0.3) is 5.82 Å². The molecule has 0 aliphatic carbocycles. The third-order valence-electron chi connectivity index (χ3n) is 4.49. The molecule has 2 amide bonds. The summed E-state index contributed by atoms with van der Waals surface area (Å²) >= 11 is 0. The molecule has 2 N–H and O–H groups in total. The molecule has 0 spiro atoms. The van der Waals surface area contributed by atoms with Gasteiger partial charge in [-0.25, -0.2) is 9.67 Å². The number of pyridine rings is 1. The maximum absolute atomic E-state index is 12.8. The van der Waals surface area contributed by atoms with Crippen molar-refractivity contribution >= 4 is 11.8 Å². The van der Waals surface area contributed by atoms with Crippen molar-refractivity contribution < 1.29 is 22.8 Å². The normalized spacial score (nSPS) is 11.5. The van der Waals surface area contributed by atoms with Gasteiger partial charge in [0.25, 0.3) is 11.8 Å². The number of aromatic nitrogens is 3. The second kappa shape index (κ2) is 8.58. The summed E-state index contributed by atoms with van der Waals surface area (Å²) in [6.45, 7) is 5.50. The van der Waals surface area contributed by atoms with Crippen molar-refractivity contribution in [1.82, 2.24) is 25.6 Å². The number of nitrogens with one attached hydrogen (secondary N) is 2. The number of alkyl halides is 3. The van der Waals surface area contributed by atoms with E-state index < -0.39 is 23.6 Å². The van der Waals surface area contributed by atoms with Gasteiger partial charge < -0.3 is 0 Å². The van der Waals surface area contributed by atoms with Crippen molar-refractivity contribution in [2.45, 2.75) is 32.9 Å². The molecule has 3 aromatic rings. The van der Waals surface area contributed by atoms with Crippen molar-refractivity contribution in [2.75, 3.05) is 0 Å². The van der Waals surface area contributed by atoms with Crippen LogP contribution in [-0.2, 0) is 6.18 Å². The average Bonchev–Trinajstić information content (AvgIpc) is 3.17. The molecule has 0 aliphatic heterocycles. The van der Waals surface area contributed by atoms with Gasteiger partial charge in [0.15, 0.2) is 5.82 Å². The number of nitrogens with zero attached hydrogens (tertiary/aromatic N) is 3. The monoisotopic (exact) mass is 431 g/mol. The molecule has 2 heterocycles. The number of carbonyl (C=O) groups excluding carboxylic acids is 2. The second-order valence-corrected chi connectivity index (χ2v) is 7.19. The lowest BCUT2D eigenvalue weighted by atomic mass is 10.1. The van der Waals surface area contributed by atoms with Crippen molar-refractivity contribution in [1.29, 1.82) is 0 Å². The number of rotatable bonds is 4. The minimum atomic E-state index is -4.50. The van der Waals surface area contributed by atoms with Crippen LogP contribution in [0, 0.1) is 6.92 Å². The molecule has 0 atom stereocenters. The van der Waals surface area contributed by atoms with Gasteiger partial charge in [-0.3, -0.25) is 20.4 Å². The van der Waals surface area contributed by atoms with E-state index in [0.717, 1.165) is 11.6 Å². The van der Waals surface area contributed by atoms with Crippen LogP contribution in [0.15, 0.2) is 48.8 Å². The number of benzene rings is 1. The zero-order chi connectivity index (χ0) is 22.8. The van der Waals surface area contributed by atoms with Crippen molar-refractivity contribution in [3.63, 3.8) is 0 Å². The molecule has 0 aliphatic rings. The fourth-order valence-corrected chi connectivity index (χ4v) is 2.91. The lowest BCUT2D eigenvalue weighted by Gasteiger charge is -2.13. The number of halogens is 3. The standard InChI is InChI=1S/C21H20F3N5O2/c1-12(2)18-16(20(31)28-27-19(30)14-6-4-13(3)5-7-14)11-26-29(18)17-9-8-15(10-25-17)21(22,23)24/h4-12H,1-3H3,(H,27,30)(H,28,31). The van der Waals surface area contributed by atoms with Crippen LogP contribution in [-0.4, -0.2) is 26.6 Å². The number of aryl methyl sites for hydroxylation is 1. The van der Waals surface area contributed by atoms with E-state index in [2.05, 4.69) is 20.9 Å². The molecule has 0 radical (unpaired) electrons. The molecule has 31 heavy (non-hydrogen) atoms. The maximum atomic E-state index is 12.8. The Balaban J connectivity index is 1.80. The Morgan fingerprint density at radius 1 is 0.968 bits per heavy atom. The molecule has 10 heteroatoms. The van der Waals surface area contributed by atoms with E-state index >= 15 is 0 Å². The van der Waals surface area contributed by atoms with E-state index in [1.165, 1.54) is 16.9 Å². The molecule has 1 aromatic carbocycles. The summed E-state index contributed by atoms with van der Waals surface area (Å²) in [5.74, 6) is -1.17. The quantitative estimate of drug-likeness (QED) is 0.615. The highest BCUT2D eigenvalue weighted by molar-refractivity contribution is 5.99. The van der Waals surface area contributed by atoms with Crippen molar-refractivity contribution in [2.24, 2.45) is 0 Å². The van der Waals surface area contributed by atoms with Crippen LogP contribution in [0.5, 0.6) is 0 Å². The molecule has 0 unspecified atom stereocenters. The van der Waals surface area contributed by atoms with Crippen LogP contribution < -0.4 is 10.9 Å². The first-order valence-corrected chi connectivity index (χ1v) is 9.37. The topological polar surface area (TPSA) is 88.9 Å². The van der Waals surface area contributed by atoms with E-state index in [1.54, 1.807) is 38.1 Å². The first kappa shape index (κ1) is 22.0. The molecule has 162 valence electrons. The van der Waals surface area contributed by atoms with Gasteiger partial charge in [0.2, 0.25) is 0 Å². The molecular weight excluding hydrogens is 411 g/mol. The molecule has 0 saturated carbocycles. The third kappa shape index (κ3) is 4.90.